The summed E-state index contributed by atoms with van der Waals surface area (Å²) < 4.78 is 39.6. The van der Waals surface area contributed by atoms with Crippen molar-refractivity contribution in [1.82, 2.24) is 10.2 Å². The van der Waals surface area contributed by atoms with Crippen LogP contribution in [0.15, 0.2) is 47.4 Å². The molecule has 10 nitrogen and oxygen atoms in total. The number of methoxy groups -OCH3 is 1. The molecule has 3 N–H and O–H groups in total. The van der Waals surface area contributed by atoms with Gasteiger partial charge in [-0.15, -0.1) is 0 Å². The Morgan fingerprint density at radius 3 is 2.63 bits per heavy atom. The lowest BCUT2D eigenvalue weighted by Gasteiger charge is -2.19. The topological polar surface area (TPSA) is 137 Å². The predicted molar refractivity (Wildman–Crippen MR) is 126 cm³/mol. The molecule has 2 saturated heterocycles. The smallest absolute Gasteiger partial charge is 0.239 e. The van der Waals surface area contributed by atoms with E-state index in [-0.39, 0.29) is 42.0 Å². The predicted octanol–water partition coefficient (Wildman–Crippen LogP) is 1.49. The fourth-order valence-electron chi connectivity index (χ4n) is 4.20. The molecule has 35 heavy (non-hydrogen) atoms. The van der Waals surface area contributed by atoms with Crippen LogP contribution in [0.4, 0.5) is 0 Å². The van der Waals surface area contributed by atoms with Crippen molar-refractivity contribution in [2.45, 2.75) is 42.9 Å². The summed E-state index contributed by atoms with van der Waals surface area (Å²) >= 11 is 0. The van der Waals surface area contributed by atoms with Gasteiger partial charge >= 0.3 is 0 Å². The van der Waals surface area contributed by atoms with E-state index in [0.29, 0.717) is 36.6 Å². The molecule has 2 amide bonds. The fraction of sp³-hybridized carbons (Fsp3) is 0.417. The summed E-state index contributed by atoms with van der Waals surface area (Å²) in [5.74, 6) is 0.710. The largest absolute Gasteiger partial charge is 0.493 e. The van der Waals surface area contributed by atoms with Gasteiger partial charge in [0.1, 0.15) is 0 Å². The number of rotatable bonds is 9. The number of nitrogens with two attached hydrogens (primary N) is 1. The van der Waals surface area contributed by atoms with E-state index in [1.807, 2.05) is 18.2 Å². The van der Waals surface area contributed by atoms with E-state index in [2.05, 4.69) is 5.32 Å². The highest BCUT2D eigenvalue weighted by Gasteiger charge is 2.32. The lowest BCUT2D eigenvalue weighted by Crippen LogP contribution is -2.37. The standard InChI is InChI=1S/C24H29N3O7S/c1-32-20-9-6-17(11-21(20)34-24-3-2-10-33-24)18-12-23(29)27(14-18)15-22(28)26-13-16-4-7-19(8-5-16)35(25,30)31/h4-9,11,18,24H,2-3,10,12-15H2,1H3,(H,26,28)(H2,25,30,31)/t18-,24?/m1/s1. The van der Waals surface area contributed by atoms with E-state index in [4.69, 9.17) is 19.3 Å². The monoisotopic (exact) mass is 503 g/mol. The molecule has 4 rings (SSSR count). The fourth-order valence-corrected chi connectivity index (χ4v) is 4.71. The van der Waals surface area contributed by atoms with Gasteiger partial charge in [-0.05, 0) is 41.8 Å². The number of likely N-dealkylation sites (tertiary alicyclic amines) is 1. The summed E-state index contributed by atoms with van der Waals surface area (Å²) in [6, 6.07) is 11.5. The van der Waals surface area contributed by atoms with Crippen LogP contribution in [0.25, 0.3) is 0 Å². The molecule has 2 heterocycles. The molecule has 188 valence electrons. The van der Waals surface area contributed by atoms with Crippen LogP contribution >= 0.6 is 0 Å². The molecule has 0 saturated carbocycles. The number of nitrogens with one attached hydrogen (secondary N) is 1. The summed E-state index contributed by atoms with van der Waals surface area (Å²) in [5, 5.41) is 7.85. The molecule has 0 bridgehead atoms. The first kappa shape index (κ1) is 25.0. The van der Waals surface area contributed by atoms with Crippen molar-refractivity contribution in [2.24, 2.45) is 5.14 Å². The van der Waals surface area contributed by atoms with Crippen LogP contribution in [0, 0.1) is 0 Å². The van der Waals surface area contributed by atoms with Crippen LogP contribution in [-0.2, 0) is 30.9 Å². The average molecular weight is 504 g/mol. The Bertz CT molecular complexity index is 1180. The van der Waals surface area contributed by atoms with Crippen LogP contribution < -0.4 is 19.9 Å². The first-order chi connectivity index (χ1) is 16.7. The van der Waals surface area contributed by atoms with E-state index in [9.17, 15) is 18.0 Å². The summed E-state index contributed by atoms with van der Waals surface area (Å²) in [7, 11) is -2.19. The maximum absolute atomic E-state index is 12.6. The first-order valence-corrected chi connectivity index (χ1v) is 12.9. The van der Waals surface area contributed by atoms with Gasteiger partial charge in [0.15, 0.2) is 17.8 Å². The number of primary sulfonamides is 1. The first-order valence-electron chi connectivity index (χ1n) is 11.4. The van der Waals surface area contributed by atoms with E-state index in [1.54, 1.807) is 19.2 Å². The van der Waals surface area contributed by atoms with Gasteiger partial charge in [0.2, 0.25) is 21.8 Å². The van der Waals surface area contributed by atoms with Crippen LogP contribution in [0.5, 0.6) is 11.5 Å². The number of ether oxygens (including phenoxy) is 3. The zero-order chi connectivity index (χ0) is 25.0. The SMILES string of the molecule is COc1ccc([C@@H]2CC(=O)N(CC(=O)NCc3ccc(S(N)(=O)=O)cc3)C2)cc1OC1CCCO1. The molecule has 0 spiro atoms. The van der Waals surface area contributed by atoms with Gasteiger partial charge in [0.25, 0.3) is 0 Å². The molecule has 11 heteroatoms. The Hall–Kier alpha value is -3.15. The van der Waals surface area contributed by atoms with E-state index < -0.39 is 10.0 Å². The number of carbonyl (C=O) groups excluding carboxylic acids is 2. The Morgan fingerprint density at radius 2 is 1.97 bits per heavy atom. The Morgan fingerprint density at radius 1 is 1.20 bits per heavy atom. The maximum Gasteiger partial charge on any atom is 0.239 e. The van der Waals surface area contributed by atoms with Gasteiger partial charge in [-0.25, -0.2) is 13.6 Å². The molecule has 2 aliphatic rings. The second-order valence-corrected chi connectivity index (χ2v) is 10.2. The van der Waals surface area contributed by atoms with Crippen LogP contribution in [0.2, 0.25) is 0 Å². The van der Waals surface area contributed by atoms with Gasteiger partial charge in [0.05, 0.1) is 25.2 Å². The summed E-state index contributed by atoms with van der Waals surface area (Å²) in [5.41, 5.74) is 1.65. The van der Waals surface area contributed by atoms with Crippen LogP contribution in [0.1, 0.15) is 36.3 Å². The van der Waals surface area contributed by atoms with Gasteiger partial charge in [0, 0.05) is 31.8 Å². The number of sulfonamides is 1. The highest BCUT2D eigenvalue weighted by molar-refractivity contribution is 7.89. The van der Waals surface area contributed by atoms with Crippen molar-refractivity contribution < 1.29 is 32.2 Å². The molecule has 0 radical (unpaired) electrons. The quantitative estimate of drug-likeness (QED) is 0.529. The molecule has 0 aromatic heterocycles. The summed E-state index contributed by atoms with van der Waals surface area (Å²) in [4.78, 5) is 26.6. The average Bonchev–Trinajstić information content (AvgIpc) is 3.47. The number of carbonyl (C=O) groups is 2. The van der Waals surface area contributed by atoms with Crippen molar-refractivity contribution in [2.75, 3.05) is 26.8 Å². The molecule has 1 unspecified atom stereocenters. The number of amides is 2. The maximum atomic E-state index is 12.6. The summed E-state index contributed by atoms with van der Waals surface area (Å²) in [6.45, 7) is 1.24. The van der Waals surface area contributed by atoms with Crippen molar-refractivity contribution in [3.8, 4) is 11.5 Å². The zero-order valence-corrected chi connectivity index (χ0v) is 20.3. The highest BCUT2D eigenvalue weighted by atomic mass is 32.2. The van der Waals surface area contributed by atoms with Gasteiger partial charge in [-0.1, -0.05) is 18.2 Å². The van der Waals surface area contributed by atoms with Gasteiger partial charge in [-0.2, -0.15) is 0 Å². The molecular formula is C24H29N3O7S. The van der Waals surface area contributed by atoms with E-state index in [0.717, 1.165) is 18.4 Å². The summed E-state index contributed by atoms with van der Waals surface area (Å²) in [6.07, 6.45) is 1.75. The zero-order valence-electron chi connectivity index (χ0n) is 19.4. The molecule has 2 aromatic carbocycles. The second-order valence-electron chi connectivity index (χ2n) is 8.61. The number of nitrogens with zero attached hydrogens (tertiary/aromatic N) is 1. The van der Waals surface area contributed by atoms with Crippen LogP contribution in [0.3, 0.4) is 0 Å². The third-order valence-corrected chi connectivity index (χ3v) is 7.03. The van der Waals surface area contributed by atoms with Crippen LogP contribution in [-0.4, -0.2) is 58.2 Å². The molecule has 0 aliphatic carbocycles. The van der Waals surface area contributed by atoms with Gasteiger partial charge < -0.3 is 24.4 Å². The third-order valence-electron chi connectivity index (χ3n) is 6.10. The van der Waals surface area contributed by atoms with Crippen molar-refractivity contribution in [3.63, 3.8) is 0 Å². The third kappa shape index (κ3) is 6.30. The normalized spacial score (nSPS) is 20.2. The Kier molecular flexibility index (Phi) is 7.58. The molecular weight excluding hydrogens is 474 g/mol. The number of hydrogen-bond acceptors (Lipinski definition) is 7. The van der Waals surface area contributed by atoms with E-state index >= 15 is 0 Å². The number of hydrogen-bond donors (Lipinski definition) is 2. The lowest BCUT2D eigenvalue weighted by molar-refractivity contribution is -0.133. The molecule has 2 fully saturated rings. The minimum Gasteiger partial charge on any atom is -0.493 e. The molecule has 2 atom stereocenters. The highest BCUT2D eigenvalue weighted by Crippen LogP contribution is 2.36. The van der Waals surface area contributed by atoms with Crippen molar-refractivity contribution in [1.29, 1.82) is 0 Å². The molecule has 2 aromatic rings. The van der Waals surface area contributed by atoms with Gasteiger partial charge in [-0.3, -0.25) is 9.59 Å². The van der Waals surface area contributed by atoms with Crippen molar-refractivity contribution in [3.05, 3.63) is 53.6 Å². The Balaban J connectivity index is 1.33. The molecule has 2 aliphatic heterocycles. The minimum absolute atomic E-state index is 0.00383. The number of benzene rings is 2. The minimum atomic E-state index is -3.77. The van der Waals surface area contributed by atoms with Crippen molar-refractivity contribution >= 4 is 21.8 Å². The Labute approximate surface area is 204 Å². The second kappa shape index (κ2) is 10.6. The van der Waals surface area contributed by atoms with E-state index in [1.165, 1.54) is 17.0 Å². The lowest BCUT2D eigenvalue weighted by atomic mass is 9.98.